The molecule has 0 radical (unpaired) electrons. The molecule has 2 heteroatoms. The van der Waals surface area contributed by atoms with E-state index in [1.165, 1.54) is 42.9 Å². The number of hydrogen-bond donors (Lipinski definition) is 0. The number of benzene rings is 2. The minimum Gasteiger partial charge on any atom is -0.466 e. The molecule has 0 saturated heterocycles. The van der Waals surface area contributed by atoms with Crippen molar-refractivity contribution in [2.24, 2.45) is 0 Å². The molecule has 2 aromatic rings. The Morgan fingerprint density at radius 2 is 1.48 bits per heavy atom. The maximum Gasteiger partial charge on any atom is 0.302 e. The Morgan fingerprint density at radius 1 is 0.826 bits per heavy atom. The number of ether oxygens (including phenoxy) is 1. The first-order chi connectivity index (χ1) is 11.3. The van der Waals surface area contributed by atoms with Crippen LogP contribution in [-0.4, -0.2) is 12.6 Å². The zero-order valence-corrected chi connectivity index (χ0v) is 14.0. The maximum absolute atomic E-state index is 10.7. The molecule has 0 aromatic heterocycles. The van der Waals surface area contributed by atoms with E-state index in [1.54, 1.807) is 0 Å². The molecule has 0 atom stereocenters. The van der Waals surface area contributed by atoms with E-state index in [2.05, 4.69) is 54.6 Å². The Hall–Kier alpha value is -2.09. The summed E-state index contributed by atoms with van der Waals surface area (Å²) in [6.07, 6.45) is 6.86. The van der Waals surface area contributed by atoms with Gasteiger partial charge in [-0.15, -0.1) is 0 Å². The predicted molar refractivity (Wildman–Crippen MR) is 95.3 cm³/mol. The van der Waals surface area contributed by atoms with Crippen molar-refractivity contribution in [1.29, 1.82) is 0 Å². The summed E-state index contributed by atoms with van der Waals surface area (Å²) in [5, 5.41) is 0. The third kappa shape index (κ3) is 6.27. The van der Waals surface area contributed by atoms with Gasteiger partial charge in [0.25, 0.3) is 0 Å². The van der Waals surface area contributed by atoms with Gasteiger partial charge in [0, 0.05) is 6.92 Å². The molecule has 0 aliphatic carbocycles. The number of carbonyl (C=O) groups excluding carboxylic acids is 1. The number of carbonyl (C=O) groups is 1. The molecule has 2 aromatic carbocycles. The fourth-order valence-electron chi connectivity index (χ4n) is 2.80. The van der Waals surface area contributed by atoms with Crippen LogP contribution in [0, 0.1) is 0 Å². The van der Waals surface area contributed by atoms with Crippen LogP contribution in [0.25, 0.3) is 11.1 Å². The third-order valence-corrected chi connectivity index (χ3v) is 4.00. The topological polar surface area (TPSA) is 26.3 Å². The highest BCUT2D eigenvalue weighted by molar-refractivity contribution is 5.67. The van der Waals surface area contributed by atoms with E-state index >= 15 is 0 Å². The van der Waals surface area contributed by atoms with Crippen LogP contribution in [0.3, 0.4) is 0 Å². The lowest BCUT2D eigenvalue weighted by molar-refractivity contribution is -0.141. The monoisotopic (exact) mass is 310 g/mol. The summed E-state index contributed by atoms with van der Waals surface area (Å²) in [7, 11) is 0. The minimum atomic E-state index is -0.178. The summed E-state index contributed by atoms with van der Waals surface area (Å²) in [4.78, 5) is 10.7. The van der Waals surface area contributed by atoms with Gasteiger partial charge in [0.2, 0.25) is 0 Å². The summed E-state index contributed by atoms with van der Waals surface area (Å²) in [5.41, 5.74) is 4.08. The lowest BCUT2D eigenvalue weighted by Crippen LogP contribution is -2.00. The SMILES string of the molecule is CC(=O)OCCCCCCCc1ccccc1-c1ccccc1. The highest BCUT2D eigenvalue weighted by atomic mass is 16.5. The van der Waals surface area contributed by atoms with Crippen molar-refractivity contribution in [2.45, 2.75) is 45.4 Å². The molecule has 0 aliphatic heterocycles. The molecule has 0 N–H and O–H groups in total. The molecule has 0 fully saturated rings. The molecule has 0 spiro atoms. The average Bonchev–Trinajstić information content (AvgIpc) is 2.58. The van der Waals surface area contributed by atoms with Gasteiger partial charge in [-0.3, -0.25) is 4.79 Å². The number of rotatable bonds is 9. The first-order valence-electron chi connectivity index (χ1n) is 8.54. The van der Waals surface area contributed by atoms with Gasteiger partial charge >= 0.3 is 5.97 Å². The van der Waals surface area contributed by atoms with Crippen LogP contribution in [0.15, 0.2) is 54.6 Å². The highest BCUT2D eigenvalue weighted by Crippen LogP contribution is 2.24. The van der Waals surface area contributed by atoms with Gasteiger partial charge in [-0.25, -0.2) is 0 Å². The molecule has 0 aliphatic rings. The van der Waals surface area contributed by atoms with Crippen LogP contribution in [0.5, 0.6) is 0 Å². The third-order valence-electron chi connectivity index (χ3n) is 4.00. The summed E-state index contributed by atoms with van der Waals surface area (Å²) in [5.74, 6) is -0.178. The Kier molecular flexibility index (Phi) is 7.38. The van der Waals surface area contributed by atoms with Crippen LogP contribution < -0.4 is 0 Å². The second-order valence-electron chi connectivity index (χ2n) is 5.88. The standard InChI is InChI=1S/C21H26O2/c1-18(22)23-17-11-4-2-3-6-12-20-15-9-10-16-21(20)19-13-7-5-8-14-19/h5,7-10,13-16H,2-4,6,11-12,17H2,1H3. The number of esters is 1. The van der Waals surface area contributed by atoms with Crippen molar-refractivity contribution >= 4 is 5.97 Å². The van der Waals surface area contributed by atoms with E-state index in [0.29, 0.717) is 6.61 Å². The maximum atomic E-state index is 10.7. The van der Waals surface area contributed by atoms with Crippen LogP contribution in [0.4, 0.5) is 0 Å². The van der Waals surface area contributed by atoms with Crippen molar-refractivity contribution in [2.75, 3.05) is 6.61 Å². The second-order valence-corrected chi connectivity index (χ2v) is 5.88. The lowest BCUT2D eigenvalue weighted by atomic mass is 9.96. The fourth-order valence-corrected chi connectivity index (χ4v) is 2.80. The first kappa shape index (κ1) is 17.3. The van der Waals surface area contributed by atoms with Crippen LogP contribution in [0.1, 0.15) is 44.6 Å². The van der Waals surface area contributed by atoms with Crippen molar-refractivity contribution in [3.8, 4) is 11.1 Å². The molecule has 0 heterocycles. The highest BCUT2D eigenvalue weighted by Gasteiger charge is 2.03. The lowest BCUT2D eigenvalue weighted by Gasteiger charge is -2.09. The van der Waals surface area contributed by atoms with E-state index in [4.69, 9.17) is 4.74 Å². The Bertz CT molecular complexity index is 590. The van der Waals surface area contributed by atoms with E-state index < -0.39 is 0 Å². The van der Waals surface area contributed by atoms with Gasteiger partial charge in [0.15, 0.2) is 0 Å². The number of hydrogen-bond acceptors (Lipinski definition) is 2. The van der Waals surface area contributed by atoms with E-state index in [0.717, 1.165) is 19.3 Å². The molecular formula is C21H26O2. The van der Waals surface area contributed by atoms with E-state index in [-0.39, 0.29) is 5.97 Å². The van der Waals surface area contributed by atoms with E-state index in [1.807, 2.05) is 0 Å². The average molecular weight is 310 g/mol. The Morgan fingerprint density at radius 3 is 2.26 bits per heavy atom. The minimum absolute atomic E-state index is 0.178. The molecule has 0 saturated carbocycles. The largest absolute Gasteiger partial charge is 0.466 e. The van der Waals surface area contributed by atoms with Crippen molar-refractivity contribution in [3.05, 3.63) is 60.2 Å². The quantitative estimate of drug-likeness (QED) is 0.457. The zero-order chi connectivity index (χ0) is 16.3. The second kappa shape index (κ2) is 9.83. The summed E-state index contributed by atoms with van der Waals surface area (Å²) < 4.78 is 4.94. The normalized spacial score (nSPS) is 10.5. The zero-order valence-electron chi connectivity index (χ0n) is 14.0. The summed E-state index contributed by atoms with van der Waals surface area (Å²) in [6, 6.07) is 19.3. The van der Waals surface area contributed by atoms with Crippen molar-refractivity contribution in [3.63, 3.8) is 0 Å². The summed E-state index contributed by atoms with van der Waals surface area (Å²) in [6.45, 7) is 2.02. The van der Waals surface area contributed by atoms with Crippen molar-refractivity contribution in [1.82, 2.24) is 0 Å². The predicted octanol–water partition coefficient (Wildman–Crippen LogP) is 5.41. The number of unbranched alkanes of at least 4 members (excludes halogenated alkanes) is 4. The molecule has 23 heavy (non-hydrogen) atoms. The summed E-state index contributed by atoms with van der Waals surface area (Å²) >= 11 is 0. The van der Waals surface area contributed by atoms with E-state index in [9.17, 15) is 4.79 Å². The fraction of sp³-hybridized carbons (Fsp3) is 0.381. The van der Waals surface area contributed by atoms with Crippen LogP contribution >= 0.6 is 0 Å². The van der Waals surface area contributed by atoms with Gasteiger partial charge < -0.3 is 4.74 Å². The smallest absolute Gasteiger partial charge is 0.302 e. The van der Waals surface area contributed by atoms with Gasteiger partial charge in [0.1, 0.15) is 0 Å². The molecule has 0 bridgehead atoms. The van der Waals surface area contributed by atoms with Gasteiger partial charge in [-0.2, -0.15) is 0 Å². The molecule has 2 rings (SSSR count). The number of aryl methyl sites for hydroxylation is 1. The molecule has 2 nitrogen and oxygen atoms in total. The van der Waals surface area contributed by atoms with Gasteiger partial charge in [-0.05, 0) is 36.0 Å². The molecule has 0 unspecified atom stereocenters. The van der Waals surface area contributed by atoms with Crippen molar-refractivity contribution < 1.29 is 9.53 Å². The molecule has 122 valence electrons. The molecule has 0 amide bonds. The molecular weight excluding hydrogens is 284 g/mol. The van der Waals surface area contributed by atoms with Gasteiger partial charge in [0.05, 0.1) is 6.61 Å². The Balaban J connectivity index is 1.73. The van der Waals surface area contributed by atoms with Crippen LogP contribution in [-0.2, 0) is 16.0 Å². The Labute approximate surface area is 139 Å². The van der Waals surface area contributed by atoms with Gasteiger partial charge in [-0.1, -0.05) is 73.9 Å². The first-order valence-corrected chi connectivity index (χ1v) is 8.54. The van der Waals surface area contributed by atoms with Crippen LogP contribution in [0.2, 0.25) is 0 Å².